The first-order valence-electron chi connectivity index (χ1n) is 17.5. The van der Waals surface area contributed by atoms with Gasteiger partial charge in [0.1, 0.15) is 23.3 Å². The van der Waals surface area contributed by atoms with Crippen LogP contribution in [0.15, 0.2) is 71.4 Å². The molecular weight excluding hydrogens is 754 g/mol. The van der Waals surface area contributed by atoms with Crippen LogP contribution in [-0.4, -0.2) is 55.4 Å². The SMILES string of the molecule is O=C(Cc1c(F)cccc1F)c1cc2c(s1)-c1sccc1N(C(=O)c1ccc(NC(=O)c3cc4sccc4nc3N3CC4(CCOCC4)C3)cc1F)CC2. The van der Waals surface area contributed by atoms with Gasteiger partial charge in [0.2, 0.25) is 0 Å². The maximum atomic E-state index is 15.8. The lowest BCUT2D eigenvalue weighted by Gasteiger charge is -2.53. The van der Waals surface area contributed by atoms with Gasteiger partial charge in [0.25, 0.3) is 11.8 Å². The smallest absolute Gasteiger partial charge is 0.261 e. The van der Waals surface area contributed by atoms with E-state index >= 15 is 4.39 Å². The van der Waals surface area contributed by atoms with Gasteiger partial charge < -0.3 is 19.9 Å². The normalized spacial score (nSPS) is 16.1. The second-order valence-electron chi connectivity index (χ2n) is 13.9. The molecule has 2 amide bonds. The summed E-state index contributed by atoms with van der Waals surface area (Å²) < 4.78 is 50.8. The second-order valence-corrected chi connectivity index (χ2v) is 16.8. The second kappa shape index (κ2) is 13.8. The molecule has 54 heavy (non-hydrogen) atoms. The van der Waals surface area contributed by atoms with E-state index in [1.54, 1.807) is 12.1 Å². The minimum absolute atomic E-state index is 0.150. The molecule has 0 aliphatic carbocycles. The number of benzene rings is 2. The fourth-order valence-electron chi connectivity index (χ4n) is 7.58. The Kier molecular flexibility index (Phi) is 8.88. The standard InChI is InChI=1S/C40H31F3N4O4S3/c41-27-2-1-3-28(42)25(27)18-32(48)34-16-22-6-11-47(31-8-15-53-36(31)35(22)54-34)39(50)24-5-4-23(17-29(24)43)44-38(49)26-19-33-30(7-14-52-33)45-37(26)46-20-40(21-46)9-12-51-13-10-40/h1-5,7-8,14-17,19H,6,9-13,18,20-21H2,(H,44,49). The van der Waals surface area contributed by atoms with Crippen molar-refractivity contribution in [2.24, 2.45) is 5.41 Å². The van der Waals surface area contributed by atoms with Gasteiger partial charge in [-0.25, -0.2) is 18.2 Å². The van der Waals surface area contributed by atoms with Crippen molar-refractivity contribution in [3.63, 3.8) is 0 Å². The van der Waals surface area contributed by atoms with E-state index in [0.29, 0.717) is 28.4 Å². The maximum absolute atomic E-state index is 15.8. The van der Waals surface area contributed by atoms with E-state index in [-0.39, 0.29) is 28.8 Å². The van der Waals surface area contributed by atoms with E-state index in [9.17, 15) is 23.2 Å². The Bertz CT molecular complexity index is 2460. The number of ether oxygens (including phenoxy) is 1. The number of fused-ring (bicyclic) bond motifs is 4. The van der Waals surface area contributed by atoms with Crippen molar-refractivity contribution >= 4 is 79.0 Å². The summed E-state index contributed by atoms with van der Waals surface area (Å²) >= 11 is 4.10. The Morgan fingerprint density at radius 1 is 0.870 bits per heavy atom. The fraction of sp³-hybridized carbons (Fsp3) is 0.250. The van der Waals surface area contributed by atoms with E-state index in [2.05, 4.69) is 10.2 Å². The molecule has 2 saturated heterocycles. The summed E-state index contributed by atoms with van der Waals surface area (Å²) in [5.41, 5.74) is 2.57. The summed E-state index contributed by atoms with van der Waals surface area (Å²) in [6.07, 6.45) is 1.92. The molecule has 0 saturated carbocycles. The number of nitrogens with one attached hydrogen (secondary N) is 1. The highest BCUT2D eigenvalue weighted by Gasteiger charge is 2.45. The van der Waals surface area contributed by atoms with Gasteiger partial charge in [0, 0.05) is 55.9 Å². The number of carbonyl (C=O) groups excluding carboxylic acids is 3. The number of anilines is 3. The van der Waals surface area contributed by atoms with Gasteiger partial charge >= 0.3 is 0 Å². The summed E-state index contributed by atoms with van der Waals surface area (Å²) in [7, 11) is 0. The van der Waals surface area contributed by atoms with Crippen molar-refractivity contribution in [1.82, 2.24) is 4.98 Å². The van der Waals surface area contributed by atoms with Crippen LogP contribution in [0.2, 0.25) is 0 Å². The Labute approximate surface area is 319 Å². The first kappa shape index (κ1) is 34.9. The quantitative estimate of drug-likeness (QED) is 0.163. The van der Waals surface area contributed by atoms with Crippen molar-refractivity contribution in [3.8, 4) is 9.75 Å². The monoisotopic (exact) mass is 784 g/mol. The van der Waals surface area contributed by atoms with Gasteiger partial charge in [-0.2, -0.15) is 0 Å². The minimum Gasteiger partial charge on any atom is -0.381 e. The van der Waals surface area contributed by atoms with Crippen LogP contribution in [-0.2, 0) is 17.6 Å². The fourth-order valence-corrected chi connectivity index (χ4v) is 10.6. The van der Waals surface area contributed by atoms with Crippen LogP contribution >= 0.6 is 34.0 Å². The lowest BCUT2D eigenvalue weighted by molar-refractivity contribution is -0.000491. The predicted molar refractivity (Wildman–Crippen MR) is 206 cm³/mol. The molecule has 7 heterocycles. The van der Waals surface area contributed by atoms with Gasteiger partial charge in [-0.15, -0.1) is 34.0 Å². The van der Waals surface area contributed by atoms with Crippen LogP contribution in [0.5, 0.6) is 0 Å². The van der Waals surface area contributed by atoms with Gasteiger partial charge in [0.05, 0.1) is 41.7 Å². The molecule has 0 unspecified atom stereocenters. The summed E-state index contributed by atoms with van der Waals surface area (Å²) in [6, 6.07) is 14.8. The van der Waals surface area contributed by atoms with E-state index in [1.165, 1.54) is 57.1 Å². The summed E-state index contributed by atoms with van der Waals surface area (Å²) in [5.74, 6) is -3.09. The number of nitrogens with zero attached hydrogens (tertiary/aromatic N) is 3. The third-order valence-electron chi connectivity index (χ3n) is 10.5. The van der Waals surface area contributed by atoms with Crippen molar-refractivity contribution < 1.29 is 32.3 Å². The molecule has 1 N–H and O–H groups in total. The average Bonchev–Trinajstić information content (AvgIpc) is 3.91. The Hall–Kier alpha value is -4.89. The number of carbonyl (C=O) groups is 3. The molecule has 3 aliphatic rings. The molecule has 2 fully saturated rings. The molecule has 3 aliphatic heterocycles. The largest absolute Gasteiger partial charge is 0.381 e. The molecule has 0 bridgehead atoms. The molecule has 0 atom stereocenters. The van der Waals surface area contributed by atoms with Gasteiger partial charge in [0.15, 0.2) is 5.78 Å². The number of aromatic nitrogens is 1. The highest BCUT2D eigenvalue weighted by atomic mass is 32.1. The first-order chi connectivity index (χ1) is 26.2. The number of hydrogen-bond acceptors (Lipinski definition) is 9. The maximum Gasteiger partial charge on any atom is 0.261 e. The zero-order chi connectivity index (χ0) is 37.1. The van der Waals surface area contributed by atoms with Crippen LogP contribution in [0.1, 0.15) is 54.4 Å². The van der Waals surface area contributed by atoms with Crippen LogP contribution in [0.25, 0.3) is 20.0 Å². The molecule has 6 aromatic rings. The average molecular weight is 785 g/mol. The number of ketones is 1. The molecule has 1 spiro atoms. The molecule has 14 heteroatoms. The third-order valence-corrected chi connectivity index (χ3v) is 13.6. The van der Waals surface area contributed by atoms with Gasteiger partial charge in [-0.05, 0) is 90.2 Å². The highest BCUT2D eigenvalue weighted by molar-refractivity contribution is 7.23. The summed E-state index contributed by atoms with van der Waals surface area (Å²) in [4.78, 5) is 51.3. The third kappa shape index (κ3) is 6.20. The van der Waals surface area contributed by atoms with E-state index in [4.69, 9.17) is 9.72 Å². The lowest BCUT2D eigenvalue weighted by Crippen LogP contribution is -2.59. The highest BCUT2D eigenvalue weighted by Crippen LogP contribution is 2.46. The van der Waals surface area contributed by atoms with Crippen molar-refractivity contribution in [2.75, 3.05) is 48.0 Å². The van der Waals surface area contributed by atoms with E-state index in [0.717, 1.165) is 82.9 Å². The summed E-state index contributed by atoms with van der Waals surface area (Å²) in [6.45, 7) is 3.26. The number of halogens is 3. The number of Topliss-reactive ketones (excluding diaryl/α,β-unsaturated/α-hetero) is 1. The molecule has 9 rings (SSSR count). The van der Waals surface area contributed by atoms with Crippen molar-refractivity contribution in [1.29, 1.82) is 0 Å². The summed E-state index contributed by atoms with van der Waals surface area (Å²) in [5, 5.41) is 6.59. The Balaban J connectivity index is 0.927. The number of pyridine rings is 1. The van der Waals surface area contributed by atoms with Crippen LogP contribution in [0.3, 0.4) is 0 Å². The molecular formula is C40H31F3N4O4S3. The topological polar surface area (TPSA) is 91.8 Å². The Morgan fingerprint density at radius 3 is 2.43 bits per heavy atom. The molecule has 274 valence electrons. The minimum atomic E-state index is -0.780. The predicted octanol–water partition coefficient (Wildman–Crippen LogP) is 9.00. The van der Waals surface area contributed by atoms with Crippen molar-refractivity contribution in [3.05, 3.63) is 116 Å². The lowest BCUT2D eigenvalue weighted by atomic mass is 9.73. The van der Waals surface area contributed by atoms with Gasteiger partial charge in [-0.3, -0.25) is 14.4 Å². The molecule has 8 nitrogen and oxygen atoms in total. The first-order valence-corrected chi connectivity index (χ1v) is 20.0. The molecule has 4 aromatic heterocycles. The number of rotatable bonds is 7. The van der Waals surface area contributed by atoms with Crippen LogP contribution < -0.4 is 15.1 Å². The molecule has 0 radical (unpaired) electrons. The van der Waals surface area contributed by atoms with Crippen molar-refractivity contribution in [2.45, 2.75) is 25.7 Å². The number of thiophene rings is 3. The zero-order valence-corrected chi connectivity index (χ0v) is 31.1. The van der Waals surface area contributed by atoms with Gasteiger partial charge in [-0.1, -0.05) is 6.07 Å². The van der Waals surface area contributed by atoms with Crippen LogP contribution in [0.4, 0.5) is 30.4 Å². The van der Waals surface area contributed by atoms with E-state index < -0.39 is 41.5 Å². The Morgan fingerprint density at radius 2 is 1.65 bits per heavy atom. The van der Waals surface area contributed by atoms with E-state index in [1.807, 2.05) is 22.9 Å². The zero-order valence-electron chi connectivity index (χ0n) is 28.6. The number of amides is 2. The van der Waals surface area contributed by atoms with Crippen LogP contribution in [0, 0.1) is 22.9 Å². The number of hydrogen-bond donors (Lipinski definition) is 1. The molecule has 2 aromatic carbocycles.